The van der Waals surface area contributed by atoms with Crippen molar-refractivity contribution in [3.63, 3.8) is 0 Å². The molecular formula is C27H48O3. The highest BCUT2D eigenvalue weighted by Crippen LogP contribution is 2.69. The molecule has 3 N–H and O–H groups in total. The predicted octanol–water partition coefficient (Wildman–Crippen LogP) is 5.55. The van der Waals surface area contributed by atoms with Crippen LogP contribution in [0.25, 0.3) is 0 Å². The lowest BCUT2D eigenvalue weighted by Gasteiger charge is -2.65. The summed E-state index contributed by atoms with van der Waals surface area (Å²) in [6.45, 7) is 12.0. The van der Waals surface area contributed by atoms with Crippen LogP contribution >= 0.6 is 0 Å². The second kappa shape index (κ2) is 8.03. The van der Waals surface area contributed by atoms with E-state index in [2.05, 4.69) is 34.6 Å². The highest BCUT2D eigenvalue weighted by atomic mass is 16.4. The smallest absolute Gasteiger partial charge is 0.109 e. The number of fused-ring (bicyclic) bond motifs is 5. The first-order valence-corrected chi connectivity index (χ1v) is 13.1. The molecule has 174 valence electrons. The summed E-state index contributed by atoms with van der Waals surface area (Å²) in [6.07, 6.45) is 10.7. The van der Waals surface area contributed by atoms with Gasteiger partial charge >= 0.3 is 0 Å². The van der Waals surface area contributed by atoms with E-state index in [1.807, 2.05) is 0 Å². The minimum atomic E-state index is -1.11. The summed E-state index contributed by atoms with van der Waals surface area (Å²) >= 11 is 0. The molecule has 30 heavy (non-hydrogen) atoms. The second-order valence-corrected chi connectivity index (χ2v) is 12.8. The standard InChI is InChI=1S/C27H48O3/c1-17(2)7-6-8-18(3)20-9-10-21-19-11-16-27(30)24(29)23(28)13-15-26(27,5)22(19)12-14-25(20,21)4/h17-24,28-30H,6-16H2,1-5H3/t18-,19+,20-,21+,22+,23-,24-,25-,26-,27+/m1/s1. The van der Waals surface area contributed by atoms with E-state index in [-0.39, 0.29) is 5.41 Å². The van der Waals surface area contributed by atoms with Crippen molar-refractivity contribution in [2.45, 2.75) is 123 Å². The molecule has 4 rings (SSSR count). The molecule has 0 spiro atoms. The fraction of sp³-hybridized carbons (Fsp3) is 1.00. The molecule has 0 aromatic carbocycles. The summed E-state index contributed by atoms with van der Waals surface area (Å²) in [5.41, 5.74) is -0.907. The van der Waals surface area contributed by atoms with Crippen LogP contribution in [-0.4, -0.2) is 33.1 Å². The Balaban J connectivity index is 1.51. The van der Waals surface area contributed by atoms with Crippen LogP contribution in [0, 0.1) is 46.3 Å². The first kappa shape index (κ1) is 23.1. The van der Waals surface area contributed by atoms with Gasteiger partial charge in [0.25, 0.3) is 0 Å². The third kappa shape index (κ3) is 3.32. The van der Waals surface area contributed by atoms with Crippen molar-refractivity contribution in [1.29, 1.82) is 0 Å². The van der Waals surface area contributed by atoms with E-state index in [4.69, 9.17) is 0 Å². The van der Waals surface area contributed by atoms with Gasteiger partial charge in [0.1, 0.15) is 6.10 Å². The Morgan fingerprint density at radius 2 is 1.57 bits per heavy atom. The molecule has 3 heteroatoms. The number of hydrogen-bond donors (Lipinski definition) is 3. The monoisotopic (exact) mass is 420 g/mol. The van der Waals surface area contributed by atoms with E-state index < -0.39 is 17.8 Å². The molecule has 0 unspecified atom stereocenters. The maximum absolute atomic E-state index is 11.6. The van der Waals surface area contributed by atoms with Crippen molar-refractivity contribution in [1.82, 2.24) is 0 Å². The number of rotatable bonds is 5. The normalized spacial score (nSPS) is 51.9. The highest BCUT2D eigenvalue weighted by Gasteiger charge is 2.67. The van der Waals surface area contributed by atoms with Gasteiger partial charge in [0.05, 0.1) is 11.7 Å². The molecule has 4 aliphatic carbocycles. The summed E-state index contributed by atoms with van der Waals surface area (Å²) in [4.78, 5) is 0. The van der Waals surface area contributed by atoms with Crippen molar-refractivity contribution in [2.75, 3.05) is 0 Å². The van der Waals surface area contributed by atoms with Gasteiger partial charge in [-0.1, -0.05) is 53.9 Å². The number of hydrogen-bond acceptors (Lipinski definition) is 3. The average Bonchev–Trinajstić information content (AvgIpc) is 3.04. The van der Waals surface area contributed by atoms with E-state index in [1.54, 1.807) is 0 Å². The lowest BCUT2D eigenvalue weighted by Crippen LogP contribution is -2.69. The second-order valence-electron chi connectivity index (χ2n) is 12.8. The summed E-state index contributed by atoms with van der Waals surface area (Å²) in [5.74, 6) is 4.43. The molecule has 4 saturated carbocycles. The summed E-state index contributed by atoms with van der Waals surface area (Å²) in [5, 5.41) is 32.6. The van der Waals surface area contributed by atoms with Gasteiger partial charge in [-0.25, -0.2) is 0 Å². The first-order chi connectivity index (χ1) is 14.0. The van der Waals surface area contributed by atoms with Crippen LogP contribution in [0.4, 0.5) is 0 Å². The molecule has 0 aliphatic heterocycles. The van der Waals surface area contributed by atoms with Gasteiger partial charge in [-0.15, -0.1) is 0 Å². The third-order valence-corrected chi connectivity index (χ3v) is 11.1. The Morgan fingerprint density at radius 3 is 2.27 bits per heavy atom. The molecule has 3 nitrogen and oxygen atoms in total. The van der Waals surface area contributed by atoms with Crippen LogP contribution in [0.15, 0.2) is 0 Å². The van der Waals surface area contributed by atoms with Crippen molar-refractivity contribution < 1.29 is 15.3 Å². The average molecular weight is 421 g/mol. The zero-order valence-electron chi connectivity index (χ0n) is 20.2. The largest absolute Gasteiger partial charge is 0.390 e. The Bertz CT molecular complexity index is 619. The van der Waals surface area contributed by atoms with Crippen LogP contribution in [0.2, 0.25) is 0 Å². The quantitative estimate of drug-likeness (QED) is 0.546. The minimum Gasteiger partial charge on any atom is -0.390 e. The van der Waals surface area contributed by atoms with E-state index in [9.17, 15) is 15.3 Å². The molecule has 0 aromatic heterocycles. The molecular weight excluding hydrogens is 372 g/mol. The zero-order chi connectivity index (χ0) is 21.9. The van der Waals surface area contributed by atoms with Gasteiger partial charge in [0.2, 0.25) is 0 Å². The van der Waals surface area contributed by atoms with Gasteiger partial charge in [-0.2, -0.15) is 0 Å². The maximum Gasteiger partial charge on any atom is 0.109 e. The van der Waals surface area contributed by atoms with E-state index in [1.165, 1.54) is 44.9 Å². The Kier molecular flexibility index (Phi) is 6.17. The molecule has 10 atom stereocenters. The summed E-state index contributed by atoms with van der Waals surface area (Å²) in [6, 6.07) is 0. The molecule has 0 radical (unpaired) electrons. The lowest BCUT2D eigenvalue weighted by molar-refractivity contribution is -0.267. The molecule has 0 saturated heterocycles. The first-order valence-electron chi connectivity index (χ1n) is 13.1. The van der Waals surface area contributed by atoms with Gasteiger partial charge < -0.3 is 15.3 Å². The van der Waals surface area contributed by atoms with Crippen LogP contribution in [0.5, 0.6) is 0 Å². The van der Waals surface area contributed by atoms with Crippen LogP contribution in [-0.2, 0) is 0 Å². The SMILES string of the molecule is CC(C)CCC[C@@H](C)[C@H]1CC[C@H]2[C@@H]3CC[C@]4(O)[C@H](O)[C@H](O)CC[C@]4(C)[C@H]3CC[C@]12C. The molecule has 4 aliphatic rings. The van der Waals surface area contributed by atoms with E-state index >= 15 is 0 Å². The summed E-state index contributed by atoms with van der Waals surface area (Å²) < 4.78 is 0. The Labute approximate surface area is 185 Å². The van der Waals surface area contributed by atoms with Crippen LogP contribution < -0.4 is 0 Å². The molecule has 0 amide bonds. The van der Waals surface area contributed by atoms with E-state index in [0.717, 1.165) is 36.5 Å². The lowest BCUT2D eigenvalue weighted by atomic mass is 9.42. The third-order valence-electron chi connectivity index (χ3n) is 11.1. The molecule has 0 bridgehead atoms. The van der Waals surface area contributed by atoms with Crippen molar-refractivity contribution in [3.05, 3.63) is 0 Å². The Hall–Kier alpha value is -0.120. The van der Waals surface area contributed by atoms with Gasteiger partial charge in [-0.05, 0) is 92.3 Å². The Morgan fingerprint density at radius 1 is 0.833 bits per heavy atom. The maximum atomic E-state index is 11.6. The van der Waals surface area contributed by atoms with Gasteiger partial charge in [0, 0.05) is 5.41 Å². The van der Waals surface area contributed by atoms with E-state index in [0.29, 0.717) is 30.1 Å². The molecule has 4 fully saturated rings. The fourth-order valence-electron chi connectivity index (χ4n) is 9.31. The number of aliphatic hydroxyl groups is 3. The summed E-state index contributed by atoms with van der Waals surface area (Å²) in [7, 11) is 0. The topological polar surface area (TPSA) is 60.7 Å². The number of aliphatic hydroxyl groups excluding tert-OH is 2. The predicted molar refractivity (Wildman–Crippen MR) is 122 cm³/mol. The van der Waals surface area contributed by atoms with Crippen molar-refractivity contribution in [2.24, 2.45) is 46.3 Å². The van der Waals surface area contributed by atoms with Crippen LogP contribution in [0.3, 0.4) is 0 Å². The van der Waals surface area contributed by atoms with Crippen molar-refractivity contribution >= 4 is 0 Å². The zero-order valence-corrected chi connectivity index (χ0v) is 20.2. The fourth-order valence-corrected chi connectivity index (χ4v) is 9.31. The van der Waals surface area contributed by atoms with Gasteiger partial charge in [0.15, 0.2) is 0 Å². The molecule has 0 heterocycles. The minimum absolute atomic E-state index is 0.253. The molecule has 0 aromatic rings. The van der Waals surface area contributed by atoms with Crippen LogP contribution in [0.1, 0.15) is 105 Å². The van der Waals surface area contributed by atoms with Crippen molar-refractivity contribution in [3.8, 4) is 0 Å². The highest BCUT2D eigenvalue weighted by molar-refractivity contribution is 5.16. The van der Waals surface area contributed by atoms with Gasteiger partial charge in [-0.3, -0.25) is 0 Å².